The Hall–Kier alpha value is -1.11. The van der Waals surface area contributed by atoms with Gasteiger partial charge in [0.05, 0.1) is 27.6 Å². The zero-order valence-electron chi connectivity index (χ0n) is 11.5. The monoisotopic (exact) mass is 329 g/mol. The third-order valence-corrected chi connectivity index (χ3v) is 5.01. The molecular formula is C13H16ClN3OS2. The summed E-state index contributed by atoms with van der Waals surface area (Å²) in [7, 11) is 1.76. The number of halogens is 1. The zero-order valence-corrected chi connectivity index (χ0v) is 13.9. The van der Waals surface area contributed by atoms with E-state index in [1.807, 2.05) is 31.4 Å². The number of hydrogen-bond acceptors (Lipinski definition) is 4. The first-order chi connectivity index (χ1) is 9.45. The van der Waals surface area contributed by atoms with Crippen LogP contribution in [0.5, 0.6) is 0 Å². The Labute approximate surface area is 131 Å². The van der Waals surface area contributed by atoms with Gasteiger partial charge in [-0.3, -0.25) is 0 Å². The van der Waals surface area contributed by atoms with Crippen LogP contribution in [0.2, 0.25) is 4.34 Å². The molecule has 0 radical (unpaired) electrons. The molecule has 0 aliphatic heterocycles. The van der Waals surface area contributed by atoms with E-state index >= 15 is 0 Å². The molecule has 0 aliphatic carbocycles. The number of urea groups is 1. The van der Waals surface area contributed by atoms with Crippen LogP contribution in [0.25, 0.3) is 0 Å². The van der Waals surface area contributed by atoms with Crippen molar-refractivity contribution in [1.82, 2.24) is 15.2 Å². The van der Waals surface area contributed by atoms with E-state index in [2.05, 4.69) is 10.3 Å². The van der Waals surface area contributed by atoms with E-state index in [0.717, 1.165) is 19.9 Å². The van der Waals surface area contributed by atoms with E-state index in [1.165, 1.54) is 11.3 Å². The van der Waals surface area contributed by atoms with Gasteiger partial charge < -0.3 is 10.2 Å². The van der Waals surface area contributed by atoms with Crippen LogP contribution >= 0.6 is 34.3 Å². The summed E-state index contributed by atoms with van der Waals surface area (Å²) in [6, 6.07) is 3.60. The molecule has 0 spiro atoms. The Bertz CT molecular complexity index is 596. The number of aromatic nitrogens is 1. The molecule has 0 bridgehead atoms. The van der Waals surface area contributed by atoms with Crippen molar-refractivity contribution in [3.8, 4) is 0 Å². The summed E-state index contributed by atoms with van der Waals surface area (Å²) in [5.74, 6) is 0. The van der Waals surface area contributed by atoms with Crippen molar-refractivity contribution in [3.05, 3.63) is 37.4 Å². The summed E-state index contributed by atoms with van der Waals surface area (Å²) in [6.07, 6.45) is 0. The van der Waals surface area contributed by atoms with Crippen molar-refractivity contribution in [3.63, 3.8) is 0 Å². The van der Waals surface area contributed by atoms with Crippen LogP contribution in [-0.4, -0.2) is 23.0 Å². The summed E-state index contributed by atoms with van der Waals surface area (Å²) in [5, 5.41) is 5.93. The van der Waals surface area contributed by atoms with Crippen molar-refractivity contribution in [1.29, 1.82) is 0 Å². The largest absolute Gasteiger partial charge is 0.331 e. The number of hydrogen-bond donors (Lipinski definition) is 1. The maximum Gasteiger partial charge on any atom is 0.317 e. The van der Waals surface area contributed by atoms with Gasteiger partial charge in [0.25, 0.3) is 0 Å². The molecule has 0 saturated carbocycles. The predicted octanol–water partition coefficient (Wildman–Crippen LogP) is 4.07. The molecular weight excluding hydrogens is 314 g/mol. The molecule has 2 rings (SSSR count). The van der Waals surface area contributed by atoms with Crippen molar-refractivity contribution in [2.24, 2.45) is 0 Å². The average molecular weight is 330 g/mol. The molecule has 7 heteroatoms. The molecule has 1 atom stereocenters. The standard InChI is InChI=1S/C13H16ClN3OS2/c1-8(11-4-5-12(14)20-11)15-13(18)17(3)6-10-7-19-9(2)16-10/h4-5,7-8H,6H2,1-3H3,(H,15,18). The molecule has 2 aromatic heterocycles. The molecule has 4 nitrogen and oxygen atoms in total. The van der Waals surface area contributed by atoms with Gasteiger partial charge in [-0.15, -0.1) is 22.7 Å². The topological polar surface area (TPSA) is 45.2 Å². The van der Waals surface area contributed by atoms with Crippen LogP contribution < -0.4 is 5.32 Å². The number of thiazole rings is 1. The molecule has 2 amide bonds. The smallest absolute Gasteiger partial charge is 0.317 e. The third kappa shape index (κ3) is 3.94. The molecule has 2 aromatic rings. The second kappa shape index (κ2) is 6.56. The lowest BCUT2D eigenvalue weighted by atomic mass is 10.3. The van der Waals surface area contributed by atoms with E-state index in [9.17, 15) is 4.79 Å². The molecule has 108 valence electrons. The van der Waals surface area contributed by atoms with E-state index < -0.39 is 0 Å². The first-order valence-electron chi connectivity index (χ1n) is 6.13. The number of carbonyl (C=O) groups excluding carboxylic acids is 1. The van der Waals surface area contributed by atoms with Gasteiger partial charge in [-0.05, 0) is 26.0 Å². The fraction of sp³-hybridized carbons (Fsp3) is 0.385. The van der Waals surface area contributed by atoms with Gasteiger partial charge in [-0.2, -0.15) is 0 Å². The highest BCUT2D eigenvalue weighted by atomic mass is 35.5. The fourth-order valence-corrected chi connectivity index (χ4v) is 3.39. The second-order valence-electron chi connectivity index (χ2n) is 4.53. The van der Waals surface area contributed by atoms with Crippen LogP contribution in [0.3, 0.4) is 0 Å². The van der Waals surface area contributed by atoms with Gasteiger partial charge in [0, 0.05) is 17.3 Å². The maximum absolute atomic E-state index is 12.1. The van der Waals surface area contributed by atoms with E-state index in [4.69, 9.17) is 11.6 Å². The average Bonchev–Trinajstić information content (AvgIpc) is 2.98. The summed E-state index contributed by atoms with van der Waals surface area (Å²) in [5.41, 5.74) is 0.914. The van der Waals surface area contributed by atoms with Gasteiger partial charge in [0.15, 0.2) is 0 Å². The predicted molar refractivity (Wildman–Crippen MR) is 84.6 cm³/mol. The molecule has 1 unspecified atom stereocenters. The summed E-state index contributed by atoms with van der Waals surface area (Å²) in [6.45, 7) is 4.41. The molecule has 0 saturated heterocycles. The molecule has 0 aromatic carbocycles. The minimum absolute atomic E-state index is 0.0559. The lowest BCUT2D eigenvalue weighted by molar-refractivity contribution is 0.203. The highest BCUT2D eigenvalue weighted by molar-refractivity contribution is 7.16. The van der Waals surface area contributed by atoms with Gasteiger partial charge >= 0.3 is 6.03 Å². The SMILES string of the molecule is Cc1nc(CN(C)C(=O)NC(C)c2ccc(Cl)s2)cs1. The fourth-order valence-electron chi connectivity index (χ4n) is 1.72. The normalized spacial score (nSPS) is 12.2. The molecule has 0 fully saturated rings. The number of rotatable bonds is 4. The minimum Gasteiger partial charge on any atom is -0.331 e. The van der Waals surface area contributed by atoms with Gasteiger partial charge in [-0.25, -0.2) is 9.78 Å². The third-order valence-electron chi connectivity index (χ3n) is 2.77. The van der Waals surface area contributed by atoms with Gasteiger partial charge in [-0.1, -0.05) is 11.6 Å². The molecule has 2 heterocycles. The van der Waals surface area contributed by atoms with Crippen LogP contribution in [-0.2, 0) is 6.54 Å². The van der Waals surface area contributed by atoms with Crippen LogP contribution in [0.15, 0.2) is 17.5 Å². The van der Waals surface area contributed by atoms with E-state index in [-0.39, 0.29) is 12.1 Å². The zero-order chi connectivity index (χ0) is 14.7. The van der Waals surface area contributed by atoms with Crippen LogP contribution in [0.4, 0.5) is 4.79 Å². The number of thiophene rings is 1. The number of nitrogens with one attached hydrogen (secondary N) is 1. The number of carbonyl (C=O) groups is 1. The lowest BCUT2D eigenvalue weighted by Gasteiger charge is -2.20. The summed E-state index contributed by atoms with van der Waals surface area (Å²) >= 11 is 8.97. The van der Waals surface area contributed by atoms with E-state index in [0.29, 0.717) is 6.54 Å². The first kappa shape index (κ1) is 15.3. The summed E-state index contributed by atoms with van der Waals surface area (Å²) < 4.78 is 0.729. The minimum atomic E-state index is -0.118. The Morgan fingerprint density at radius 3 is 2.85 bits per heavy atom. The van der Waals surface area contributed by atoms with Crippen molar-refractivity contribution in [2.75, 3.05) is 7.05 Å². The van der Waals surface area contributed by atoms with Crippen LogP contribution in [0.1, 0.15) is 28.5 Å². The second-order valence-corrected chi connectivity index (χ2v) is 7.34. The molecule has 1 N–H and O–H groups in total. The van der Waals surface area contributed by atoms with E-state index in [1.54, 1.807) is 23.3 Å². The Balaban J connectivity index is 1.90. The van der Waals surface area contributed by atoms with Crippen molar-refractivity contribution >= 4 is 40.3 Å². The lowest BCUT2D eigenvalue weighted by Crippen LogP contribution is -2.38. The summed E-state index contributed by atoms with van der Waals surface area (Å²) in [4.78, 5) is 19.1. The molecule has 20 heavy (non-hydrogen) atoms. The van der Waals surface area contributed by atoms with Crippen molar-refractivity contribution < 1.29 is 4.79 Å². The quantitative estimate of drug-likeness (QED) is 0.919. The first-order valence-corrected chi connectivity index (χ1v) is 8.21. The Morgan fingerprint density at radius 1 is 1.55 bits per heavy atom. The number of aryl methyl sites for hydroxylation is 1. The highest BCUT2D eigenvalue weighted by Crippen LogP contribution is 2.26. The highest BCUT2D eigenvalue weighted by Gasteiger charge is 2.15. The maximum atomic E-state index is 12.1. The Kier molecular flexibility index (Phi) is 5.01. The van der Waals surface area contributed by atoms with Gasteiger partial charge in [0.1, 0.15) is 0 Å². The van der Waals surface area contributed by atoms with Gasteiger partial charge in [0.2, 0.25) is 0 Å². The van der Waals surface area contributed by atoms with Crippen molar-refractivity contribution in [2.45, 2.75) is 26.4 Å². The Morgan fingerprint density at radius 2 is 2.30 bits per heavy atom. The number of nitrogens with zero attached hydrogens (tertiary/aromatic N) is 2. The van der Waals surface area contributed by atoms with Crippen LogP contribution in [0, 0.1) is 6.92 Å². The molecule has 0 aliphatic rings. The number of amides is 2.